The molecule has 20 heavy (non-hydrogen) atoms. The van der Waals surface area contributed by atoms with Crippen molar-refractivity contribution in [3.05, 3.63) is 23.2 Å². The van der Waals surface area contributed by atoms with E-state index in [-0.39, 0.29) is 12.0 Å². The van der Waals surface area contributed by atoms with Gasteiger partial charge in [0.25, 0.3) is 5.91 Å². The van der Waals surface area contributed by atoms with Crippen LogP contribution in [0.3, 0.4) is 0 Å². The van der Waals surface area contributed by atoms with Crippen molar-refractivity contribution in [2.45, 2.75) is 30.8 Å². The van der Waals surface area contributed by atoms with E-state index in [4.69, 9.17) is 16.3 Å². The number of hydrogen-bond donors (Lipinski definition) is 0. The van der Waals surface area contributed by atoms with E-state index in [0.717, 1.165) is 35.7 Å². The number of hydrogen-bond acceptors (Lipinski definition) is 3. The van der Waals surface area contributed by atoms with Crippen LogP contribution in [-0.4, -0.2) is 30.9 Å². The molecule has 0 aliphatic carbocycles. The molecule has 5 heteroatoms. The summed E-state index contributed by atoms with van der Waals surface area (Å²) in [6.45, 7) is 3.51. The molecule has 1 saturated heterocycles. The number of ether oxygens (including phenoxy) is 1. The lowest BCUT2D eigenvalue weighted by atomic mass is 10.0. The maximum absolute atomic E-state index is 12.8. The van der Waals surface area contributed by atoms with Crippen molar-refractivity contribution in [2.24, 2.45) is 5.92 Å². The van der Waals surface area contributed by atoms with Crippen molar-refractivity contribution in [3.63, 3.8) is 0 Å². The topological polar surface area (TPSA) is 29.5 Å². The number of anilines is 1. The number of halogens is 1. The summed E-state index contributed by atoms with van der Waals surface area (Å²) in [4.78, 5) is 15.8. The van der Waals surface area contributed by atoms with Crippen molar-refractivity contribution in [2.75, 3.05) is 23.8 Å². The smallest absolute Gasteiger partial charge is 0.256 e. The van der Waals surface area contributed by atoms with Crippen LogP contribution in [0.4, 0.5) is 5.69 Å². The fraction of sp³-hybridized carbons (Fsp3) is 0.533. The first-order valence-corrected chi connectivity index (χ1v) is 8.38. The van der Waals surface area contributed by atoms with Gasteiger partial charge in [-0.15, -0.1) is 11.8 Å². The summed E-state index contributed by atoms with van der Waals surface area (Å²) < 4.78 is 5.64. The predicted octanol–water partition coefficient (Wildman–Crippen LogP) is 3.59. The number of carbonyl (C=O) groups excluding carboxylic acids is 1. The van der Waals surface area contributed by atoms with Gasteiger partial charge in [0.05, 0.1) is 5.69 Å². The molecule has 1 aromatic carbocycles. The van der Waals surface area contributed by atoms with Gasteiger partial charge in [-0.25, -0.2) is 0 Å². The highest BCUT2D eigenvalue weighted by atomic mass is 35.5. The number of thioether (sulfide) groups is 1. The molecule has 0 aromatic heterocycles. The molecule has 3 rings (SSSR count). The normalized spacial score (nSPS) is 26.2. The summed E-state index contributed by atoms with van der Waals surface area (Å²) in [6, 6.07) is 5.79. The first-order chi connectivity index (χ1) is 9.66. The summed E-state index contributed by atoms with van der Waals surface area (Å²) in [5.41, 5.74) is 0.938. The van der Waals surface area contributed by atoms with Gasteiger partial charge in [0.15, 0.2) is 0 Å². The summed E-state index contributed by atoms with van der Waals surface area (Å²) in [6.07, 6.45) is 1.65. The zero-order chi connectivity index (χ0) is 14.1. The van der Waals surface area contributed by atoms with Crippen LogP contribution in [-0.2, 0) is 9.53 Å². The molecule has 108 valence electrons. The molecule has 0 unspecified atom stereocenters. The van der Waals surface area contributed by atoms with E-state index < -0.39 is 0 Å². The van der Waals surface area contributed by atoms with Crippen LogP contribution in [0.5, 0.6) is 0 Å². The molecule has 0 N–H and O–H groups in total. The lowest BCUT2D eigenvalue weighted by molar-refractivity contribution is -0.128. The standard InChI is InChI=1S/C15H18ClNO2S/c1-10-5-7-19-14(10)15(18)17-6-2-8-20-13-4-3-11(16)9-12(13)17/h3-4,9-10,14H,2,5-8H2,1H3/t10-,14+/m0/s1. The van der Waals surface area contributed by atoms with Gasteiger partial charge in [-0.05, 0) is 42.7 Å². The number of rotatable bonds is 1. The SMILES string of the molecule is C[C@H]1CCO[C@H]1C(=O)N1CCCSc2ccc(Cl)cc21. The van der Waals surface area contributed by atoms with Crippen LogP contribution in [0.1, 0.15) is 19.8 Å². The Kier molecular flexibility index (Phi) is 4.24. The van der Waals surface area contributed by atoms with Crippen molar-refractivity contribution in [1.82, 2.24) is 0 Å². The van der Waals surface area contributed by atoms with Crippen LogP contribution in [0.15, 0.2) is 23.1 Å². The minimum Gasteiger partial charge on any atom is -0.368 e. The van der Waals surface area contributed by atoms with Crippen molar-refractivity contribution in [3.8, 4) is 0 Å². The number of fused-ring (bicyclic) bond motifs is 1. The van der Waals surface area contributed by atoms with Crippen LogP contribution >= 0.6 is 23.4 Å². The average molecular weight is 312 g/mol. The van der Waals surface area contributed by atoms with E-state index in [0.29, 0.717) is 17.5 Å². The molecule has 1 aromatic rings. The van der Waals surface area contributed by atoms with Crippen LogP contribution < -0.4 is 4.90 Å². The zero-order valence-electron chi connectivity index (χ0n) is 11.5. The van der Waals surface area contributed by atoms with Crippen molar-refractivity contribution < 1.29 is 9.53 Å². The Hall–Kier alpha value is -0.710. The Labute approximate surface area is 128 Å². The average Bonchev–Trinajstić information content (AvgIpc) is 2.75. The Morgan fingerprint density at radius 2 is 2.35 bits per heavy atom. The highest BCUT2D eigenvalue weighted by molar-refractivity contribution is 7.99. The number of benzene rings is 1. The molecule has 3 nitrogen and oxygen atoms in total. The first kappa shape index (κ1) is 14.2. The van der Waals surface area contributed by atoms with Crippen LogP contribution in [0, 0.1) is 5.92 Å². The van der Waals surface area contributed by atoms with E-state index in [2.05, 4.69) is 6.92 Å². The van der Waals surface area contributed by atoms with E-state index >= 15 is 0 Å². The van der Waals surface area contributed by atoms with E-state index in [1.54, 1.807) is 11.8 Å². The summed E-state index contributed by atoms with van der Waals surface area (Å²) >= 11 is 7.90. The highest BCUT2D eigenvalue weighted by Crippen LogP contribution is 2.37. The van der Waals surface area contributed by atoms with Crippen LogP contribution in [0.25, 0.3) is 0 Å². The molecule has 0 bridgehead atoms. The van der Waals surface area contributed by atoms with Crippen molar-refractivity contribution in [1.29, 1.82) is 0 Å². The van der Waals surface area contributed by atoms with Gasteiger partial charge >= 0.3 is 0 Å². The molecule has 0 saturated carbocycles. The second kappa shape index (κ2) is 5.96. The molecule has 2 heterocycles. The Morgan fingerprint density at radius 3 is 3.10 bits per heavy atom. The Balaban J connectivity index is 1.93. The van der Waals surface area contributed by atoms with Gasteiger partial charge in [-0.1, -0.05) is 18.5 Å². The summed E-state index contributed by atoms with van der Waals surface area (Å²) in [5, 5.41) is 0.671. The van der Waals surface area contributed by atoms with Gasteiger partial charge < -0.3 is 9.64 Å². The predicted molar refractivity (Wildman–Crippen MR) is 82.7 cm³/mol. The maximum Gasteiger partial charge on any atom is 0.256 e. The van der Waals surface area contributed by atoms with E-state index in [1.165, 1.54) is 0 Å². The monoisotopic (exact) mass is 311 g/mol. The number of amides is 1. The van der Waals surface area contributed by atoms with E-state index in [9.17, 15) is 4.79 Å². The second-order valence-corrected chi connectivity index (χ2v) is 6.93. The molecule has 1 fully saturated rings. The van der Waals surface area contributed by atoms with Gasteiger partial charge in [0, 0.05) is 23.1 Å². The quantitative estimate of drug-likeness (QED) is 0.793. The first-order valence-electron chi connectivity index (χ1n) is 7.02. The fourth-order valence-electron chi connectivity index (χ4n) is 2.74. The zero-order valence-corrected chi connectivity index (χ0v) is 13.0. The minimum absolute atomic E-state index is 0.0843. The third kappa shape index (κ3) is 2.69. The molecule has 0 spiro atoms. The molecule has 1 amide bonds. The number of nitrogens with zero attached hydrogens (tertiary/aromatic N) is 1. The minimum atomic E-state index is -0.301. The maximum atomic E-state index is 12.8. The Bertz CT molecular complexity index is 523. The van der Waals surface area contributed by atoms with Gasteiger partial charge in [-0.2, -0.15) is 0 Å². The number of carbonyl (C=O) groups is 1. The highest BCUT2D eigenvalue weighted by Gasteiger charge is 2.35. The third-order valence-electron chi connectivity index (χ3n) is 3.89. The second-order valence-electron chi connectivity index (χ2n) is 5.36. The molecule has 0 radical (unpaired) electrons. The molecular formula is C15H18ClNO2S. The van der Waals surface area contributed by atoms with Gasteiger partial charge in [0.2, 0.25) is 0 Å². The largest absolute Gasteiger partial charge is 0.368 e. The third-order valence-corrected chi connectivity index (χ3v) is 5.28. The summed E-state index contributed by atoms with van der Waals surface area (Å²) in [5.74, 6) is 1.40. The van der Waals surface area contributed by atoms with Gasteiger partial charge in [-0.3, -0.25) is 4.79 Å². The van der Waals surface area contributed by atoms with Crippen molar-refractivity contribution >= 4 is 35.0 Å². The molecule has 2 aliphatic rings. The fourth-order valence-corrected chi connectivity index (χ4v) is 3.88. The lowest BCUT2D eigenvalue weighted by Gasteiger charge is -2.26. The molecule has 2 atom stereocenters. The summed E-state index contributed by atoms with van der Waals surface area (Å²) in [7, 11) is 0. The molecular weight excluding hydrogens is 294 g/mol. The van der Waals surface area contributed by atoms with Gasteiger partial charge in [0.1, 0.15) is 6.10 Å². The van der Waals surface area contributed by atoms with E-state index in [1.807, 2.05) is 23.1 Å². The van der Waals surface area contributed by atoms with Crippen LogP contribution in [0.2, 0.25) is 5.02 Å². The Morgan fingerprint density at radius 1 is 1.50 bits per heavy atom. The lowest BCUT2D eigenvalue weighted by Crippen LogP contribution is -2.41. The molecule has 2 aliphatic heterocycles.